The molecule has 3 heterocycles. The number of amides is 1. The van der Waals surface area contributed by atoms with Gasteiger partial charge < -0.3 is 15.5 Å². The van der Waals surface area contributed by atoms with E-state index in [0.717, 1.165) is 48.0 Å². The summed E-state index contributed by atoms with van der Waals surface area (Å²) in [5.74, 6) is -1.49. The summed E-state index contributed by atoms with van der Waals surface area (Å²) in [6.45, 7) is 0.0845. The van der Waals surface area contributed by atoms with Gasteiger partial charge in [0.25, 0.3) is 0 Å². The summed E-state index contributed by atoms with van der Waals surface area (Å²) in [5.41, 5.74) is 2.56. The average Bonchev–Trinajstić information content (AvgIpc) is 3.16. The van der Waals surface area contributed by atoms with Crippen molar-refractivity contribution in [3.63, 3.8) is 0 Å². The molecule has 6 rings (SSSR count). The Morgan fingerprint density at radius 2 is 1.72 bits per heavy atom. The largest absolute Gasteiger partial charge is 0.471 e. The summed E-state index contributed by atoms with van der Waals surface area (Å²) >= 11 is 6.36. The Bertz CT molecular complexity index is 1360. The molecule has 4 aliphatic rings. The summed E-state index contributed by atoms with van der Waals surface area (Å²) in [5, 5.41) is 6.72. The molecule has 3 N–H and O–H groups in total. The number of sulfonamides is 1. The van der Waals surface area contributed by atoms with Crippen LogP contribution in [-0.2, 0) is 14.8 Å². The van der Waals surface area contributed by atoms with Gasteiger partial charge in [-0.1, -0.05) is 30.5 Å². The average molecular weight is 587 g/mol. The first-order valence-electron chi connectivity index (χ1n) is 12.9. The first kappa shape index (κ1) is 27.9. The molecule has 1 saturated carbocycles. The predicted molar refractivity (Wildman–Crippen MR) is 142 cm³/mol. The van der Waals surface area contributed by atoms with Crippen molar-refractivity contribution in [3.05, 3.63) is 40.5 Å². The lowest BCUT2D eigenvalue weighted by Crippen LogP contribution is -2.48. The number of rotatable bonds is 6. The number of anilines is 3. The number of alkyl halides is 3. The second kappa shape index (κ2) is 10.7. The van der Waals surface area contributed by atoms with E-state index in [0.29, 0.717) is 24.3 Å². The van der Waals surface area contributed by atoms with E-state index in [4.69, 9.17) is 11.6 Å². The number of benzene rings is 1. The van der Waals surface area contributed by atoms with Crippen LogP contribution in [0.1, 0.15) is 61.5 Å². The number of aromatic nitrogens is 2. The summed E-state index contributed by atoms with van der Waals surface area (Å²) in [7, 11) is -3.38. The maximum absolute atomic E-state index is 13.1. The Balaban J connectivity index is 1.33. The fraction of sp³-hybridized carbons (Fsp3) is 0.560. The molecule has 1 aromatic heterocycles. The lowest BCUT2D eigenvalue weighted by Gasteiger charge is -2.32. The minimum Gasteiger partial charge on any atom is -0.364 e. The highest BCUT2D eigenvalue weighted by Gasteiger charge is 2.46. The van der Waals surface area contributed by atoms with E-state index < -0.39 is 22.1 Å². The minimum atomic E-state index is -4.89. The third-order valence-electron chi connectivity index (χ3n) is 7.70. The second-order valence-corrected chi connectivity index (χ2v) is 12.8. The molecular weight excluding hydrogens is 557 g/mol. The van der Waals surface area contributed by atoms with E-state index in [-0.39, 0.29) is 48.0 Å². The fourth-order valence-corrected chi connectivity index (χ4v) is 6.95. The second-order valence-electron chi connectivity index (χ2n) is 10.6. The summed E-state index contributed by atoms with van der Waals surface area (Å²) in [6.07, 6.45) is 2.44. The van der Waals surface area contributed by atoms with Gasteiger partial charge in [0.05, 0.1) is 12.5 Å². The van der Waals surface area contributed by atoms with Crippen LogP contribution in [-0.4, -0.2) is 66.8 Å². The van der Waals surface area contributed by atoms with Crippen molar-refractivity contribution < 1.29 is 26.4 Å². The molecule has 39 heavy (non-hydrogen) atoms. The Hall–Kier alpha value is -2.64. The summed E-state index contributed by atoms with van der Waals surface area (Å²) in [6, 6.07) is 5.13. The standard InChI is InChI=1S/C25H30ClF3N6O3S/c1-39(37,38)34-21-5-3-2-4-20(21)32-22-19(26)11-30-24(33-22)31-16-8-9-17-14-6-7-15(18(17)10-16)13-35(12-14)23(36)25(27,28)29/h8-11,14-15,20-21,34H,2-7,12-13H2,1H3,(H2,30,31,32,33)/t14-,15+,20-,21-/m1/s1. The van der Waals surface area contributed by atoms with Crippen molar-refractivity contribution in [1.29, 1.82) is 0 Å². The molecule has 0 spiro atoms. The number of nitrogens with zero attached hydrogens (tertiary/aromatic N) is 3. The third-order valence-corrected chi connectivity index (χ3v) is 8.70. The van der Waals surface area contributed by atoms with Gasteiger partial charge in [-0.25, -0.2) is 18.1 Å². The molecule has 4 atom stereocenters. The van der Waals surface area contributed by atoms with Crippen LogP contribution in [0.3, 0.4) is 0 Å². The zero-order valence-electron chi connectivity index (χ0n) is 21.3. The van der Waals surface area contributed by atoms with Gasteiger partial charge in [-0.05, 0) is 48.9 Å². The molecule has 2 aliphatic heterocycles. The molecule has 1 saturated heterocycles. The lowest BCUT2D eigenvalue weighted by atomic mass is 9.78. The van der Waals surface area contributed by atoms with Crippen molar-refractivity contribution in [2.24, 2.45) is 0 Å². The normalized spacial score (nSPS) is 25.1. The van der Waals surface area contributed by atoms with Crippen molar-refractivity contribution in [3.8, 4) is 0 Å². The highest BCUT2D eigenvalue weighted by atomic mass is 35.5. The fourth-order valence-electron chi connectivity index (χ4n) is 5.98. The number of hydrogen-bond acceptors (Lipinski definition) is 7. The first-order chi connectivity index (χ1) is 18.4. The van der Waals surface area contributed by atoms with E-state index in [2.05, 4.69) is 25.3 Å². The minimum absolute atomic E-state index is 0.0287. The summed E-state index contributed by atoms with van der Waals surface area (Å²) < 4.78 is 65.7. The van der Waals surface area contributed by atoms with Gasteiger partial charge in [0, 0.05) is 42.7 Å². The quantitative estimate of drug-likeness (QED) is 0.456. The van der Waals surface area contributed by atoms with Crippen LogP contribution in [0.5, 0.6) is 0 Å². The maximum Gasteiger partial charge on any atom is 0.471 e. The highest BCUT2D eigenvalue weighted by Crippen LogP contribution is 2.44. The zero-order chi connectivity index (χ0) is 27.9. The van der Waals surface area contributed by atoms with Crippen LogP contribution >= 0.6 is 11.6 Å². The van der Waals surface area contributed by atoms with Gasteiger partial charge in [-0.15, -0.1) is 0 Å². The smallest absolute Gasteiger partial charge is 0.364 e. The van der Waals surface area contributed by atoms with E-state index >= 15 is 0 Å². The molecule has 0 unspecified atom stereocenters. The van der Waals surface area contributed by atoms with Crippen LogP contribution in [0.4, 0.5) is 30.6 Å². The number of fused-ring (bicyclic) bond motifs is 3. The molecular formula is C25H30ClF3N6O3S. The van der Waals surface area contributed by atoms with Gasteiger partial charge in [0.1, 0.15) is 5.02 Å². The van der Waals surface area contributed by atoms with E-state index in [1.807, 2.05) is 18.2 Å². The van der Waals surface area contributed by atoms with Crippen molar-refractivity contribution in [2.45, 2.75) is 68.6 Å². The van der Waals surface area contributed by atoms with E-state index in [9.17, 15) is 26.4 Å². The molecule has 212 valence electrons. The third kappa shape index (κ3) is 6.41. The first-order valence-corrected chi connectivity index (χ1v) is 15.2. The number of hydrogen-bond donors (Lipinski definition) is 3. The Labute approximate surface area is 230 Å². The molecule has 2 aromatic rings. The SMILES string of the molecule is CS(=O)(=O)N[C@@H]1CCCC[C@H]1Nc1nc(Nc2ccc3c(c2)[C@H]2CC[C@@H]3CN(C(=O)C(F)(F)F)C2)ncc1Cl. The van der Waals surface area contributed by atoms with Gasteiger partial charge in [0.2, 0.25) is 16.0 Å². The number of nitrogens with one attached hydrogen (secondary N) is 3. The molecule has 2 bridgehead atoms. The predicted octanol–water partition coefficient (Wildman–Crippen LogP) is 4.51. The van der Waals surface area contributed by atoms with Gasteiger partial charge >= 0.3 is 12.1 Å². The highest BCUT2D eigenvalue weighted by molar-refractivity contribution is 7.88. The Morgan fingerprint density at radius 3 is 2.38 bits per heavy atom. The van der Waals surface area contributed by atoms with Gasteiger partial charge in [0.15, 0.2) is 5.82 Å². The van der Waals surface area contributed by atoms with E-state index in [1.165, 1.54) is 6.20 Å². The molecule has 9 nitrogen and oxygen atoms in total. The van der Waals surface area contributed by atoms with E-state index in [1.54, 1.807) is 0 Å². The van der Waals surface area contributed by atoms with Gasteiger partial charge in [-0.2, -0.15) is 18.2 Å². The van der Waals surface area contributed by atoms with Crippen LogP contribution < -0.4 is 15.4 Å². The molecule has 2 fully saturated rings. The Morgan fingerprint density at radius 1 is 1.05 bits per heavy atom. The molecule has 2 aliphatic carbocycles. The lowest BCUT2D eigenvalue weighted by molar-refractivity contribution is -0.185. The van der Waals surface area contributed by atoms with Crippen molar-refractivity contribution in [2.75, 3.05) is 30.0 Å². The van der Waals surface area contributed by atoms with Gasteiger partial charge in [-0.3, -0.25) is 4.79 Å². The molecule has 14 heteroatoms. The topological polar surface area (TPSA) is 116 Å². The number of carbonyl (C=O) groups is 1. The molecule has 0 radical (unpaired) electrons. The van der Waals surface area contributed by atoms with Crippen LogP contribution in [0.2, 0.25) is 5.02 Å². The molecule has 1 amide bonds. The van der Waals surface area contributed by atoms with Crippen molar-refractivity contribution >= 4 is 45.0 Å². The van der Waals surface area contributed by atoms with Crippen LogP contribution in [0.15, 0.2) is 24.4 Å². The number of halogens is 4. The summed E-state index contributed by atoms with van der Waals surface area (Å²) in [4.78, 5) is 21.7. The monoisotopic (exact) mass is 586 g/mol. The van der Waals surface area contributed by atoms with Crippen molar-refractivity contribution in [1.82, 2.24) is 19.6 Å². The van der Waals surface area contributed by atoms with Crippen LogP contribution in [0.25, 0.3) is 0 Å². The maximum atomic E-state index is 13.1. The van der Waals surface area contributed by atoms with Crippen LogP contribution in [0, 0.1) is 0 Å². The molecule has 1 aromatic carbocycles. The number of carbonyl (C=O) groups excluding carboxylic acids is 1. The Kier molecular flexibility index (Phi) is 7.68. The zero-order valence-corrected chi connectivity index (χ0v) is 22.8.